The van der Waals surface area contributed by atoms with Gasteiger partial charge in [-0.3, -0.25) is 0 Å². The molecule has 0 amide bonds. The van der Waals surface area contributed by atoms with E-state index < -0.39 is 0 Å². The molecule has 1 aliphatic rings. The molecule has 1 atom stereocenters. The zero-order chi connectivity index (χ0) is 12.9. The smallest absolute Gasteiger partial charge is 0.137 e. The highest BCUT2D eigenvalue weighted by Crippen LogP contribution is 2.40. The van der Waals surface area contributed by atoms with E-state index in [-0.39, 0.29) is 6.04 Å². The first-order chi connectivity index (χ1) is 8.59. The number of anilines is 1. The number of fused-ring (bicyclic) bond motifs is 1. The molecule has 0 bridgehead atoms. The minimum Gasteiger partial charge on any atom is -0.383 e. The fourth-order valence-electron chi connectivity index (χ4n) is 2.62. The van der Waals surface area contributed by atoms with Crippen molar-refractivity contribution in [3.8, 4) is 0 Å². The second-order valence-electron chi connectivity index (χ2n) is 4.59. The molecule has 0 saturated carbocycles. The quantitative estimate of drug-likeness (QED) is 0.828. The zero-order valence-electron chi connectivity index (χ0n) is 9.95. The third-order valence-corrected chi connectivity index (χ3v) is 5.25. The van der Waals surface area contributed by atoms with Crippen molar-refractivity contribution >= 4 is 37.7 Å². The van der Waals surface area contributed by atoms with E-state index in [9.17, 15) is 0 Å². The highest BCUT2D eigenvalue weighted by molar-refractivity contribution is 9.11. The SMILES string of the molecule is Cc1nn(C2CCc3c(Br)cccc32)c(N)c1Br. The summed E-state index contributed by atoms with van der Waals surface area (Å²) >= 11 is 7.10. The number of benzene rings is 1. The maximum atomic E-state index is 6.12. The Balaban J connectivity index is 2.12. The second kappa shape index (κ2) is 4.38. The van der Waals surface area contributed by atoms with Gasteiger partial charge < -0.3 is 5.73 Å². The van der Waals surface area contributed by atoms with E-state index in [1.165, 1.54) is 15.6 Å². The molecule has 1 aliphatic carbocycles. The minimum atomic E-state index is 0.252. The average Bonchev–Trinajstić information content (AvgIpc) is 2.88. The lowest BCUT2D eigenvalue weighted by molar-refractivity contribution is 0.524. The van der Waals surface area contributed by atoms with Crippen LogP contribution in [0.3, 0.4) is 0 Å². The predicted octanol–water partition coefficient (Wildman–Crippen LogP) is 3.83. The van der Waals surface area contributed by atoms with Gasteiger partial charge in [0.1, 0.15) is 5.82 Å². The van der Waals surface area contributed by atoms with Gasteiger partial charge in [-0.25, -0.2) is 4.68 Å². The fourth-order valence-corrected chi connectivity index (χ4v) is 3.47. The standard InChI is InChI=1S/C13H13Br2N3/c1-7-12(15)13(16)18(17-7)11-6-5-8-9(11)3-2-4-10(8)14/h2-4,11H,5-6,16H2,1H3. The van der Waals surface area contributed by atoms with Gasteiger partial charge in [0.15, 0.2) is 0 Å². The third kappa shape index (κ3) is 1.72. The van der Waals surface area contributed by atoms with Crippen LogP contribution in [0.2, 0.25) is 0 Å². The molecule has 0 fully saturated rings. The van der Waals surface area contributed by atoms with Gasteiger partial charge in [0.05, 0.1) is 16.2 Å². The fraction of sp³-hybridized carbons (Fsp3) is 0.308. The van der Waals surface area contributed by atoms with Crippen LogP contribution in [0.25, 0.3) is 0 Å². The summed E-state index contributed by atoms with van der Waals surface area (Å²) in [7, 11) is 0. The van der Waals surface area contributed by atoms with Crippen molar-refractivity contribution < 1.29 is 0 Å². The van der Waals surface area contributed by atoms with Crippen LogP contribution < -0.4 is 5.73 Å². The third-order valence-electron chi connectivity index (χ3n) is 3.52. The summed E-state index contributed by atoms with van der Waals surface area (Å²) in [5, 5.41) is 4.55. The first-order valence-corrected chi connectivity index (χ1v) is 7.45. The van der Waals surface area contributed by atoms with E-state index in [2.05, 4.69) is 55.2 Å². The van der Waals surface area contributed by atoms with Crippen molar-refractivity contribution in [2.75, 3.05) is 5.73 Å². The first kappa shape index (κ1) is 12.2. The first-order valence-electron chi connectivity index (χ1n) is 5.87. The molecule has 3 nitrogen and oxygen atoms in total. The van der Waals surface area contributed by atoms with Crippen molar-refractivity contribution in [3.63, 3.8) is 0 Å². The van der Waals surface area contributed by atoms with Gasteiger partial charge in [-0.15, -0.1) is 0 Å². The van der Waals surface area contributed by atoms with Gasteiger partial charge in [0.2, 0.25) is 0 Å². The number of nitrogens with zero attached hydrogens (tertiary/aromatic N) is 2. The Kier molecular flexibility index (Phi) is 2.98. The molecule has 1 unspecified atom stereocenters. The van der Waals surface area contributed by atoms with Crippen LogP contribution >= 0.6 is 31.9 Å². The van der Waals surface area contributed by atoms with Crippen molar-refractivity contribution in [2.24, 2.45) is 0 Å². The molecule has 18 heavy (non-hydrogen) atoms. The maximum absolute atomic E-state index is 6.12. The van der Waals surface area contributed by atoms with Crippen LogP contribution in [0, 0.1) is 6.92 Å². The Bertz CT molecular complexity index is 619. The molecule has 2 N–H and O–H groups in total. The molecule has 3 rings (SSSR count). The molecule has 2 aromatic rings. The number of halogens is 2. The second-order valence-corrected chi connectivity index (χ2v) is 6.24. The van der Waals surface area contributed by atoms with Gasteiger partial charge in [-0.1, -0.05) is 28.1 Å². The van der Waals surface area contributed by atoms with Gasteiger partial charge in [-0.2, -0.15) is 5.10 Å². The van der Waals surface area contributed by atoms with Crippen LogP contribution in [-0.4, -0.2) is 9.78 Å². The molecule has 0 spiro atoms. The number of hydrogen-bond donors (Lipinski definition) is 1. The van der Waals surface area contributed by atoms with Crippen LogP contribution in [0.4, 0.5) is 5.82 Å². The topological polar surface area (TPSA) is 43.8 Å². The van der Waals surface area contributed by atoms with Crippen molar-refractivity contribution in [3.05, 3.63) is 44.0 Å². The minimum absolute atomic E-state index is 0.252. The van der Waals surface area contributed by atoms with Crippen LogP contribution in [0.1, 0.15) is 29.3 Å². The van der Waals surface area contributed by atoms with Gasteiger partial charge in [-0.05, 0) is 52.9 Å². The van der Waals surface area contributed by atoms with E-state index in [1.807, 2.05) is 11.6 Å². The van der Waals surface area contributed by atoms with E-state index in [4.69, 9.17) is 5.73 Å². The van der Waals surface area contributed by atoms with Crippen LogP contribution in [0.15, 0.2) is 27.1 Å². The molecule has 1 heterocycles. The summed E-state index contributed by atoms with van der Waals surface area (Å²) in [6.45, 7) is 1.97. The van der Waals surface area contributed by atoms with Crippen molar-refractivity contribution in [1.29, 1.82) is 0 Å². The lowest BCUT2D eigenvalue weighted by Gasteiger charge is -2.14. The normalized spacial score (nSPS) is 18.1. The monoisotopic (exact) mass is 369 g/mol. The number of aromatic nitrogens is 2. The molecular weight excluding hydrogens is 358 g/mol. The Morgan fingerprint density at radius 3 is 2.83 bits per heavy atom. The average molecular weight is 371 g/mol. The number of nitrogen functional groups attached to an aromatic ring is 1. The zero-order valence-corrected chi connectivity index (χ0v) is 13.1. The van der Waals surface area contributed by atoms with Crippen LogP contribution in [-0.2, 0) is 6.42 Å². The lowest BCUT2D eigenvalue weighted by atomic mass is 10.1. The lowest BCUT2D eigenvalue weighted by Crippen LogP contribution is -2.12. The molecule has 0 radical (unpaired) electrons. The van der Waals surface area contributed by atoms with E-state index in [0.717, 1.165) is 23.0 Å². The summed E-state index contributed by atoms with van der Waals surface area (Å²) in [4.78, 5) is 0. The Hall–Kier alpha value is -0.810. The summed E-state index contributed by atoms with van der Waals surface area (Å²) in [6, 6.07) is 6.59. The van der Waals surface area contributed by atoms with Gasteiger partial charge in [0.25, 0.3) is 0 Å². The summed E-state index contributed by atoms with van der Waals surface area (Å²) in [6.07, 6.45) is 2.12. The van der Waals surface area contributed by atoms with Crippen molar-refractivity contribution in [1.82, 2.24) is 9.78 Å². The molecular formula is C13H13Br2N3. The van der Waals surface area contributed by atoms with Gasteiger partial charge in [0, 0.05) is 4.47 Å². The summed E-state index contributed by atoms with van der Waals surface area (Å²) in [5.74, 6) is 0.713. The van der Waals surface area contributed by atoms with E-state index in [1.54, 1.807) is 0 Å². The maximum Gasteiger partial charge on any atom is 0.137 e. The van der Waals surface area contributed by atoms with Gasteiger partial charge >= 0.3 is 0 Å². The summed E-state index contributed by atoms with van der Waals surface area (Å²) < 4.78 is 4.03. The highest BCUT2D eigenvalue weighted by atomic mass is 79.9. The number of hydrogen-bond acceptors (Lipinski definition) is 2. The molecule has 94 valence electrons. The highest BCUT2D eigenvalue weighted by Gasteiger charge is 2.28. The molecule has 0 aliphatic heterocycles. The van der Waals surface area contributed by atoms with Crippen molar-refractivity contribution in [2.45, 2.75) is 25.8 Å². The number of nitrogens with two attached hydrogens (primary N) is 1. The Morgan fingerprint density at radius 2 is 2.17 bits per heavy atom. The largest absolute Gasteiger partial charge is 0.383 e. The molecule has 5 heteroatoms. The molecule has 1 aromatic heterocycles. The van der Waals surface area contributed by atoms with E-state index in [0.29, 0.717) is 5.82 Å². The molecule has 1 aromatic carbocycles. The number of aryl methyl sites for hydroxylation is 1. The number of rotatable bonds is 1. The van der Waals surface area contributed by atoms with Crippen LogP contribution in [0.5, 0.6) is 0 Å². The Labute approximate surface area is 123 Å². The predicted molar refractivity (Wildman–Crippen MR) is 79.7 cm³/mol. The Morgan fingerprint density at radius 1 is 1.39 bits per heavy atom. The van der Waals surface area contributed by atoms with E-state index >= 15 is 0 Å². The summed E-state index contributed by atoms with van der Waals surface area (Å²) in [5.41, 5.74) is 9.77. The molecule has 0 saturated heterocycles.